The van der Waals surface area contributed by atoms with Crippen molar-refractivity contribution in [1.29, 1.82) is 5.26 Å². The van der Waals surface area contributed by atoms with Crippen LogP contribution in [0.2, 0.25) is 0 Å². The molecule has 1 N–H and O–H groups in total. The summed E-state index contributed by atoms with van der Waals surface area (Å²) in [5, 5.41) is 11.8. The van der Waals surface area contributed by atoms with Crippen molar-refractivity contribution in [3.8, 4) is 17.7 Å². The largest absolute Gasteiger partial charge is 0.487 e. The molecule has 3 rings (SSSR count). The molecule has 2 aliphatic rings. The number of fused-ring (bicyclic) bond motifs is 2. The number of benzene rings is 1. The van der Waals surface area contributed by atoms with E-state index in [4.69, 9.17) is 28.9 Å². The van der Waals surface area contributed by atoms with Crippen LogP contribution in [0.15, 0.2) is 24.3 Å². The van der Waals surface area contributed by atoms with E-state index in [1.54, 1.807) is 7.11 Å². The van der Waals surface area contributed by atoms with E-state index in [0.717, 1.165) is 0 Å². The van der Waals surface area contributed by atoms with Crippen molar-refractivity contribution in [3.05, 3.63) is 24.3 Å². The SMILES string of the molecule is COC1OC2COc3ccccc3OC2C(NC#N)C1OC. The Morgan fingerprint density at radius 3 is 2.68 bits per heavy atom. The first-order chi connectivity index (χ1) is 10.8. The Hall–Kier alpha value is -2.01. The fraction of sp³-hybridized carbons (Fsp3) is 0.533. The van der Waals surface area contributed by atoms with Crippen LogP contribution in [-0.4, -0.2) is 51.5 Å². The van der Waals surface area contributed by atoms with E-state index in [2.05, 4.69) is 5.32 Å². The highest BCUT2D eigenvalue weighted by Gasteiger charge is 2.49. The second kappa shape index (κ2) is 6.40. The monoisotopic (exact) mass is 306 g/mol. The quantitative estimate of drug-likeness (QED) is 0.648. The highest BCUT2D eigenvalue weighted by atomic mass is 16.7. The zero-order chi connectivity index (χ0) is 15.5. The molecular weight excluding hydrogens is 288 g/mol. The number of hydrogen-bond donors (Lipinski definition) is 1. The van der Waals surface area contributed by atoms with E-state index in [1.165, 1.54) is 7.11 Å². The van der Waals surface area contributed by atoms with Gasteiger partial charge in [0.2, 0.25) is 0 Å². The first kappa shape index (κ1) is 14.9. The minimum Gasteiger partial charge on any atom is -0.487 e. The molecule has 0 bridgehead atoms. The lowest BCUT2D eigenvalue weighted by Gasteiger charge is -2.43. The van der Waals surface area contributed by atoms with Crippen LogP contribution in [-0.2, 0) is 14.2 Å². The zero-order valence-electron chi connectivity index (χ0n) is 12.4. The minimum atomic E-state index is -0.606. The lowest BCUT2D eigenvalue weighted by Crippen LogP contribution is -2.65. The normalized spacial score (nSPS) is 33.2. The van der Waals surface area contributed by atoms with Crippen LogP contribution in [0.3, 0.4) is 0 Å². The molecule has 2 heterocycles. The second-order valence-electron chi connectivity index (χ2n) is 5.10. The number of nitrogens with one attached hydrogen (secondary N) is 1. The number of rotatable bonds is 3. The van der Waals surface area contributed by atoms with Gasteiger partial charge in [0, 0.05) is 14.2 Å². The maximum absolute atomic E-state index is 9.06. The summed E-state index contributed by atoms with van der Waals surface area (Å²) in [4.78, 5) is 0. The molecule has 5 unspecified atom stereocenters. The highest BCUT2D eigenvalue weighted by molar-refractivity contribution is 5.40. The van der Waals surface area contributed by atoms with E-state index in [1.807, 2.05) is 30.5 Å². The maximum Gasteiger partial charge on any atom is 0.186 e. The van der Waals surface area contributed by atoms with E-state index >= 15 is 0 Å². The summed E-state index contributed by atoms with van der Waals surface area (Å²) in [7, 11) is 3.08. The summed E-state index contributed by atoms with van der Waals surface area (Å²) in [6.45, 7) is 0.307. The van der Waals surface area contributed by atoms with Crippen molar-refractivity contribution >= 4 is 0 Å². The van der Waals surface area contributed by atoms with E-state index in [9.17, 15) is 0 Å². The first-order valence-electron chi connectivity index (χ1n) is 7.02. The van der Waals surface area contributed by atoms with Crippen molar-refractivity contribution in [1.82, 2.24) is 5.32 Å². The van der Waals surface area contributed by atoms with Gasteiger partial charge in [0.05, 0.1) is 0 Å². The molecule has 7 heteroatoms. The first-order valence-corrected chi connectivity index (χ1v) is 7.02. The number of nitrogens with zero attached hydrogens (tertiary/aromatic N) is 1. The predicted molar refractivity (Wildman–Crippen MR) is 75.4 cm³/mol. The molecule has 7 nitrogen and oxygen atoms in total. The van der Waals surface area contributed by atoms with Gasteiger partial charge in [-0.15, -0.1) is 0 Å². The van der Waals surface area contributed by atoms with Gasteiger partial charge in [-0.1, -0.05) is 12.1 Å². The molecule has 118 valence electrons. The molecule has 0 amide bonds. The summed E-state index contributed by atoms with van der Waals surface area (Å²) in [6.07, 6.45) is 0.0692. The standard InChI is InChI=1S/C15H18N2O5/c1-18-14-12(17-8-16)13-11(22-15(14)19-2)7-20-9-5-3-4-6-10(9)21-13/h3-6,11-15,17H,7H2,1-2H3. The fourth-order valence-electron chi connectivity index (χ4n) is 2.87. The van der Waals surface area contributed by atoms with Crippen molar-refractivity contribution in [2.45, 2.75) is 30.6 Å². The van der Waals surface area contributed by atoms with Crippen LogP contribution in [0, 0.1) is 11.5 Å². The van der Waals surface area contributed by atoms with Crippen LogP contribution in [0.1, 0.15) is 0 Å². The lowest BCUT2D eigenvalue weighted by atomic mass is 9.96. The van der Waals surface area contributed by atoms with Gasteiger partial charge in [-0.25, -0.2) is 0 Å². The summed E-state index contributed by atoms with van der Waals surface area (Å²) < 4.78 is 28.5. The number of nitriles is 1. The van der Waals surface area contributed by atoms with Crippen molar-refractivity contribution < 1.29 is 23.7 Å². The number of hydrogen-bond acceptors (Lipinski definition) is 7. The number of ether oxygens (including phenoxy) is 5. The van der Waals surface area contributed by atoms with Crippen molar-refractivity contribution in [2.75, 3.05) is 20.8 Å². The second-order valence-corrected chi connectivity index (χ2v) is 5.10. The Morgan fingerprint density at radius 1 is 1.23 bits per heavy atom. The average Bonchev–Trinajstić information content (AvgIpc) is 2.74. The van der Waals surface area contributed by atoms with Gasteiger partial charge in [0.15, 0.2) is 30.1 Å². The third-order valence-corrected chi connectivity index (χ3v) is 3.90. The zero-order valence-corrected chi connectivity index (χ0v) is 12.4. The molecule has 1 saturated heterocycles. The summed E-state index contributed by atoms with van der Waals surface area (Å²) in [5.74, 6) is 1.27. The van der Waals surface area contributed by atoms with Crippen molar-refractivity contribution in [2.24, 2.45) is 0 Å². The maximum atomic E-state index is 9.06. The Balaban J connectivity index is 1.92. The third-order valence-electron chi connectivity index (χ3n) is 3.90. The van der Waals surface area contributed by atoms with Gasteiger partial charge >= 0.3 is 0 Å². The van der Waals surface area contributed by atoms with Crippen molar-refractivity contribution in [3.63, 3.8) is 0 Å². The number of para-hydroxylation sites is 2. The molecule has 0 spiro atoms. The van der Waals surface area contributed by atoms with Gasteiger partial charge in [0.25, 0.3) is 0 Å². The summed E-state index contributed by atoms with van der Waals surface area (Å²) >= 11 is 0. The van der Waals surface area contributed by atoms with Gasteiger partial charge in [0.1, 0.15) is 24.9 Å². The Kier molecular flexibility index (Phi) is 4.34. The Morgan fingerprint density at radius 2 is 2.00 bits per heavy atom. The molecule has 1 aromatic carbocycles. The summed E-state index contributed by atoms with van der Waals surface area (Å²) in [5.41, 5.74) is 0. The minimum absolute atomic E-state index is 0.307. The molecule has 2 aliphatic heterocycles. The molecule has 0 saturated carbocycles. The topological polar surface area (TPSA) is 82.0 Å². The van der Waals surface area contributed by atoms with Crippen LogP contribution < -0.4 is 14.8 Å². The van der Waals surface area contributed by atoms with E-state index in [-0.39, 0.29) is 6.10 Å². The molecule has 0 radical (unpaired) electrons. The van der Waals surface area contributed by atoms with Gasteiger partial charge in [-0.3, -0.25) is 0 Å². The molecule has 0 aromatic heterocycles. The summed E-state index contributed by atoms with van der Waals surface area (Å²) in [6, 6.07) is 6.99. The molecule has 5 atom stereocenters. The molecule has 1 aromatic rings. The Bertz CT molecular complexity index is 561. The Labute approximate surface area is 128 Å². The van der Waals surface area contributed by atoms with Gasteiger partial charge < -0.3 is 29.0 Å². The molecular formula is C15H18N2O5. The highest BCUT2D eigenvalue weighted by Crippen LogP contribution is 2.35. The van der Waals surface area contributed by atoms with Crippen LogP contribution in [0.25, 0.3) is 0 Å². The van der Waals surface area contributed by atoms with Gasteiger partial charge in [-0.05, 0) is 12.1 Å². The predicted octanol–water partition coefficient (Wildman–Crippen LogP) is 0.652. The fourth-order valence-corrected chi connectivity index (χ4v) is 2.87. The third kappa shape index (κ3) is 2.57. The molecule has 1 fully saturated rings. The smallest absolute Gasteiger partial charge is 0.186 e. The lowest BCUT2D eigenvalue weighted by molar-refractivity contribution is -0.268. The van der Waals surface area contributed by atoms with Crippen LogP contribution in [0.5, 0.6) is 11.5 Å². The van der Waals surface area contributed by atoms with Crippen LogP contribution in [0.4, 0.5) is 0 Å². The molecule has 22 heavy (non-hydrogen) atoms. The molecule has 0 aliphatic carbocycles. The van der Waals surface area contributed by atoms with E-state index < -0.39 is 24.5 Å². The van der Waals surface area contributed by atoms with E-state index in [0.29, 0.717) is 18.1 Å². The van der Waals surface area contributed by atoms with Crippen LogP contribution >= 0.6 is 0 Å². The number of methoxy groups -OCH3 is 2. The van der Waals surface area contributed by atoms with Gasteiger partial charge in [-0.2, -0.15) is 5.26 Å². The average molecular weight is 306 g/mol.